The molecule has 1 fully saturated rings. The van der Waals surface area contributed by atoms with Crippen molar-refractivity contribution < 1.29 is 24.2 Å². The van der Waals surface area contributed by atoms with E-state index < -0.39 is 12.1 Å². The number of benzene rings is 2. The van der Waals surface area contributed by atoms with Gasteiger partial charge in [0.25, 0.3) is 0 Å². The molecule has 0 unspecified atom stereocenters. The number of carbonyl (C=O) groups is 2. The minimum atomic E-state index is -1.04. The van der Waals surface area contributed by atoms with Crippen molar-refractivity contribution in [3.05, 3.63) is 57.2 Å². The summed E-state index contributed by atoms with van der Waals surface area (Å²) < 4.78 is 12.6. The maximum Gasteiger partial charge on any atom is 0.516 e. The van der Waals surface area contributed by atoms with Crippen molar-refractivity contribution in [3.63, 3.8) is 0 Å². The maximum absolute atomic E-state index is 13.5. The van der Waals surface area contributed by atoms with E-state index in [9.17, 15) is 14.7 Å². The third kappa shape index (κ3) is 6.48. The topological polar surface area (TPSA) is 107 Å². The first-order valence-corrected chi connectivity index (χ1v) is 14.2. The van der Waals surface area contributed by atoms with Crippen molar-refractivity contribution >= 4 is 63.1 Å². The lowest BCUT2D eigenvalue weighted by Gasteiger charge is -2.18. The number of phenolic OH excluding ortho intramolecular Hbond substituents is 1. The summed E-state index contributed by atoms with van der Waals surface area (Å²) in [6.45, 7) is 7.10. The lowest BCUT2D eigenvalue weighted by molar-refractivity contribution is 0.0402. The Balaban J connectivity index is 0.00000400. The smallest absolute Gasteiger partial charge is 0.506 e. The van der Waals surface area contributed by atoms with E-state index in [1.807, 2.05) is 37.3 Å². The highest BCUT2D eigenvalue weighted by atomic mass is 79.9. The van der Waals surface area contributed by atoms with Crippen molar-refractivity contribution in [2.45, 2.75) is 57.0 Å². The fourth-order valence-electron chi connectivity index (χ4n) is 4.83. The average molecular weight is 627 g/mol. The number of hydrogen-bond donors (Lipinski definition) is 2. The molecule has 0 atom stereocenters. The van der Waals surface area contributed by atoms with Gasteiger partial charge in [-0.3, -0.25) is 4.90 Å². The summed E-state index contributed by atoms with van der Waals surface area (Å²) in [4.78, 5) is 28.9. The molecule has 2 aromatic carbocycles. The van der Waals surface area contributed by atoms with Gasteiger partial charge in [0.15, 0.2) is 0 Å². The zero-order valence-corrected chi connectivity index (χ0v) is 24.7. The van der Waals surface area contributed by atoms with Crippen LogP contribution in [0.5, 0.6) is 5.75 Å². The van der Waals surface area contributed by atoms with Crippen LogP contribution in [0, 0.1) is 0 Å². The molecule has 0 amide bonds. The zero-order valence-electron chi connectivity index (χ0n) is 21.5. The van der Waals surface area contributed by atoms with Gasteiger partial charge in [-0.2, -0.15) is 0 Å². The Hall–Kier alpha value is -2.24. The Morgan fingerprint density at radius 2 is 1.92 bits per heavy atom. The Bertz CT molecular complexity index is 1310. The molecule has 11 heteroatoms. The zero-order chi connectivity index (χ0) is 26.5. The summed E-state index contributed by atoms with van der Waals surface area (Å²) in [5, 5.41) is 11.7. The molecule has 0 aliphatic carbocycles. The van der Waals surface area contributed by atoms with Crippen LogP contribution in [0.15, 0.2) is 39.7 Å². The third-order valence-corrected chi connectivity index (χ3v) is 8.15. The number of halogens is 2. The first-order valence-electron chi connectivity index (χ1n) is 12.5. The number of nitrogens with zero attached hydrogens (tertiary/aromatic N) is 2. The number of ether oxygens (including phenoxy) is 2. The van der Waals surface area contributed by atoms with Crippen LogP contribution in [-0.4, -0.2) is 46.4 Å². The molecule has 0 bridgehead atoms. The highest BCUT2D eigenvalue weighted by Gasteiger charge is 2.30. The van der Waals surface area contributed by atoms with E-state index in [-0.39, 0.29) is 30.3 Å². The lowest BCUT2D eigenvalue weighted by atomic mass is 10.0. The number of rotatable bonds is 9. The van der Waals surface area contributed by atoms with Gasteiger partial charge >= 0.3 is 12.1 Å². The van der Waals surface area contributed by atoms with Crippen LogP contribution in [0.1, 0.15) is 53.9 Å². The quantitative estimate of drug-likeness (QED) is 0.164. The lowest BCUT2D eigenvalue weighted by Crippen LogP contribution is -2.19. The van der Waals surface area contributed by atoms with Crippen LogP contribution in [0.2, 0.25) is 0 Å². The van der Waals surface area contributed by atoms with Gasteiger partial charge in [-0.05, 0) is 79.5 Å². The van der Waals surface area contributed by atoms with Crippen molar-refractivity contribution in [3.8, 4) is 5.75 Å². The van der Waals surface area contributed by atoms with Crippen LogP contribution in [-0.2, 0) is 34.9 Å². The number of carbonyl (C=O) groups excluding carboxylic acids is 2. The fraction of sp³-hybridized carbons (Fsp3) is 0.407. The minimum absolute atomic E-state index is 0. The van der Waals surface area contributed by atoms with Gasteiger partial charge in [0.2, 0.25) is 0 Å². The largest absolute Gasteiger partial charge is 0.516 e. The summed E-state index contributed by atoms with van der Waals surface area (Å²) in [6.07, 6.45) is 1.15. The molecule has 4 rings (SSSR count). The molecule has 2 heterocycles. The number of nitrogens with two attached hydrogens (primary N) is 1. The van der Waals surface area contributed by atoms with Gasteiger partial charge in [0, 0.05) is 46.9 Å². The molecule has 1 aromatic heterocycles. The van der Waals surface area contributed by atoms with Crippen molar-refractivity contribution in [2.24, 2.45) is 5.73 Å². The summed E-state index contributed by atoms with van der Waals surface area (Å²) in [6, 6.07) is 9.79. The van der Waals surface area contributed by atoms with Gasteiger partial charge in [0.05, 0.1) is 22.2 Å². The molecule has 8 nitrogen and oxygen atoms in total. The second kappa shape index (κ2) is 13.7. The summed E-state index contributed by atoms with van der Waals surface area (Å²) >= 11 is 5.08. The minimum Gasteiger partial charge on any atom is -0.506 e. The Kier molecular flexibility index (Phi) is 10.9. The first kappa shape index (κ1) is 30.3. The monoisotopic (exact) mass is 625 g/mol. The fourth-order valence-corrected chi connectivity index (χ4v) is 6.30. The molecule has 38 heavy (non-hydrogen) atoms. The Labute approximate surface area is 241 Å². The molecule has 0 radical (unpaired) electrons. The van der Waals surface area contributed by atoms with E-state index in [4.69, 9.17) is 15.2 Å². The summed E-state index contributed by atoms with van der Waals surface area (Å²) in [5.74, 6) is -0.246. The van der Waals surface area contributed by atoms with Crippen LogP contribution in [0.25, 0.3) is 10.9 Å². The van der Waals surface area contributed by atoms with Crippen LogP contribution in [0.3, 0.4) is 0 Å². The van der Waals surface area contributed by atoms with Gasteiger partial charge in [-0.1, -0.05) is 12.1 Å². The van der Waals surface area contributed by atoms with Gasteiger partial charge < -0.3 is 24.9 Å². The molecule has 3 aromatic rings. The highest BCUT2D eigenvalue weighted by Crippen LogP contribution is 2.42. The molecule has 206 valence electrons. The number of aromatic hydroxyl groups is 1. The summed E-state index contributed by atoms with van der Waals surface area (Å²) in [7, 11) is 0. The molecular weight excluding hydrogens is 594 g/mol. The molecule has 1 aliphatic rings. The molecule has 0 saturated carbocycles. The highest BCUT2D eigenvalue weighted by molar-refractivity contribution is 9.10. The molecule has 1 aliphatic heterocycles. The number of phenols is 1. The van der Waals surface area contributed by atoms with E-state index in [2.05, 4.69) is 25.4 Å². The van der Waals surface area contributed by atoms with E-state index in [1.54, 1.807) is 18.7 Å². The molecule has 0 spiro atoms. The number of thioether (sulfide) groups is 1. The third-order valence-electron chi connectivity index (χ3n) is 6.54. The van der Waals surface area contributed by atoms with Crippen LogP contribution < -0.4 is 5.73 Å². The van der Waals surface area contributed by atoms with Crippen LogP contribution in [0.4, 0.5) is 4.79 Å². The Morgan fingerprint density at radius 1 is 1.18 bits per heavy atom. The van der Waals surface area contributed by atoms with Crippen molar-refractivity contribution in [1.29, 1.82) is 0 Å². The van der Waals surface area contributed by atoms with Crippen molar-refractivity contribution in [1.82, 2.24) is 9.47 Å². The van der Waals surface area contributed by atoms with E-state index in [1.165, 1.54) is 0 Å². The Morgan fingerprint density at radius 3 is 2.58 bits per heavy atom. The predicted molar refractivity (Wildman–Crippen MR) is 155 cm³/mol. The standard InChI is InChI=1S/C27H32BrN3O5S.ClH/c1-3-31-21-13-20(28)25(32)19(15-30-10-5-6-11-30)23(21)24(26(33)36-27(34)35-4-2)22(31)16-37-18-9-7-8-17(12-18)14-29;/h7-9,12-13,32H,3-6,10-11,14-16,29H2,1-2H3;1H. The maximum atomic E-state index is 13.5. The number of esters is 1. The van der Waals surface area contributed by atoms with E-state index in [0.717, 1.165) is 47.6 Å². The molecular formula is C27H33BrClN3O5S. The number of aryl methyl sites for hydroxylation is 1. The number of hydrogen-bond acceptors (Lipinski definition) is 8. The second-order valence-corrected chi connectivity index (χ2v) is 10.7. The van der Waals surface area contributed by atoms with Gasteiger partial charge in [-0.25, -0.2) is 9.59 Å². The van der Waals surface area contributed by atoms with Gasteiger partial charge in [0.1, 0.15) is 5.75 Å². The molecule has 1 saturated heterocycles. The summed E-state index contributed by atoms with van der Waals surface area (Å²) in [5.41, 5.74) is 9.28. The van der Waals surface area contributed by atoms with Crippen LogP contribution >= 0.6 is 40.1 Å². The molecule has 3 N–H and O–H groups in total. The van der Waals surface area contributed by atoms with E-state index >= 15 is 0 Å². The second-order valence-electron chi connectivity index (χ2n) is 8.84. The SMILES string of the molecule is CCOC(=O)OC(=O)c1c(CSc2cccc(CN)c2)n(CC)c2cc(Br)c(O)c(CN3CCCC3)c12.Cl. The van der Waals surface area contributed by atoms with E-state index in [0.29, 0.717) is 40.8 Å². The number of aromatic nitrogens is 1. The number of likely N-dealkylation sites (tertiary alicyclic amines) is 1. The van der Waals surface area contributed by atoms with Crippen molar-refractivity contribution in [2.75, 3.05) is 19.7 Å². The van der Waals surface area contributed by atoms with Gasteiger partial charge in [-0.15, -0.1) is 24.2 Å². The normalized spacial score (nSPS) is 13.5. The number of fused-ring (bicyclic) bond motifs is 1. The predicted octanol–water partition coefficient (Wildman–Crippen LogP) is 6.21. The average Bonchev–Trinajstić information content (AvgIpc) is 3.51. The first-order chi connectivity index (χ1) is 17.9.